The zero-order valence-electron chi connectivity index (χ0n) is 11.0. The Bertz CT molecular complexity index is 584. The molecule has 2 aromatic heterocycles. The van der Waals surface area contributed by atoms with Crippen molar-refractivity contribution in [2.24, 2.45) is 0 Å². The quantitative estimate of drug-likeness (QED) is 0.881. The van der Waals surface area contributed by atoms with Crippen molar-refractivity contribution in [1.82, 2.24) is 25.0 Å². The lowest BCUT2D eigenvalue weighted by Gasteiger charge is -2.28. The molecule has 2 aliphatic rings. The molecule has 6 nitrogen and oxygen atoms in total. The maximum Gasteiger partial charge on any atom is 0.152 e. The SMILES string of the molecule is c1n[nH]c2c1N(Cc1nnc3n1CCCC3)CCC2. The zero-order valence-corrected chi connectivity index (χ0v) is 11.0. The minimum absolute atomic E-state index is 0.847. The van der Waals surface area contributed by atoms with E-state index < -0.39 is 0 Å². The molecule has 0 aliphatic carbocycles. The predicted octanol–water partition coefficient (Wildman–Crippen LogP) is 1.29. The van der Waals surface area contributed by atoms with Gasteiger partial charge >= 0.3 is 0 Å². The highest BCUT2D eigenvalue weighted by Crippen LogP contribution is 2.26. The highest BCUT2D eigenvalue weighted by Gasteiger charge is 2.22. The Morgan fingerprint density at radius 2 is 2.11 bits per heavy atom. The lowest BCUT2D eigenvalue weighted by Crippen LogP contribution is -2.30. The molecular weight excluding hydrogens is 240 g/mol. The maximum atomic E-state index is 4.39. The van der Waals surface area contributed by atoms with Crippen LogP contribution >= 0.6 is 0 Å². The van der Waals surface area contributed by atoms with Gasteiger partial charge in [-0.25, -0.2) is 0 Å². The lowest BCUT2D eigenvalue weighted by molar-refractivity contribution is 0.503. The number of anilines is 1. The van der Waals surface area contributed by atoms with Crippen molar-refractivity contribution in [2.45, 2.75) is 45.2 Å². The van der Waals surface area contributed by atoms with E-state index in [1.807, 2.05) is 6.20 Å². The summed E-state index contributed by atoms with van der Waals surface area (Å²) in [7, 11) is 0. The van der Waals surface area contributed by atoms with E-state index in [1.54, 1.807) is 0 Å². The molecule has 0 aromatic carbocycles. The summed E-state index contributed by atoms with van der Waals surface area (Å²) in [5.41, 5.74) is 2.49. The van der Waals surface area contributed by atoms with E-state index in [0.717, 1.165) is 44.1 Å². The van der Waals surface area contributed by atoms with Gasteiger partial charge in [0.15, 0.2) is 5.82 Å². The van der Waals surface area contributed by atoms with Gasteiger partial charge in [-0.05, 0) is 25.7 Å². The van der Waals surface area contributed by atoms with Crippen LogP contribution in [0, 0.1) is 0 Å². The van der Waals surface area contributed by atoms with Crippen molar-refractivity contribution in [3.63, 3.8) is 0 Å². The standard InChI is InChI=1S/C13H18N6/c1-2-7-19-12(5-1)16-17-13(19)9-18-6-3-4-10-11(18)8-14-15-10/h8H,1-7,9H2,(H,14,15). The van der Waals surface area contributed by atoms with E-state index in [2.05, 4.69) is 29.9 Å². The van der Waals surface area contributed by atoms with Crippen molar-refractivity contribution in [1.29, 1.82) is 0 Å². The second kappa shape index (κ2) is 4.36. The van der Waals surface area contributed by atoms with Crippen LogP contribution in [0.15, 0.2) is 6.20 Å². The van der Waals surface area contributed by atoms with Crippen LogP contribution in [0.5, 0.6) is 0 Å². The highest BCUT2D eigenvalue weighted by molar-refractivity contribution is 5.50. The van der Waals surface area contributed by atoms with E-state index >= 15 is 0 Å². The third kappa shape index (κ3) is 1.82. The Hall–Kier alpha value is -1.85. The van der Waals surface area contributed by atoms with E-state index in [1.165, 1.54) is 30.6 Å². The first-order chi connectivity index (χ1) is 9.42. The van der Waals surface area contributed by atoms with Crippen molar-refractivity contribution < 1.29 is 0 Å². The number of aromatic nitrogens is 5. The monoisotopic (exact) mass is 258 g/mol. The summed E-state index contributed by atoms with van der Waals surface area (Å²) in [6.45, 7) is 3.00. The van der Waals surface area contributed by atoms with Crippen LogP contribution in [-0.4, -0.2) is 31.5 Å². The molecule has 0 amide bonds. The van der Waals surface area contributed by atoms with Gasteiger partial charge in [0.2, 0.25) is 0 Å². The summed E-state index contributed by atoms with van der Waals surface area (Å²) < 4.78 is 2.30. The summed E-state index contributed by atoms with van der Waals surface area (Å²) in [5.74, 6) is 2.26. The van der Waals surface area contributed by atoms with E-state index in [-0.39, 0.29) is 0 Å². The minimum atomic E-state index is 0.847. The average Bonchev–Trinajstić information content (AvgIpc) is 3.06. The summed E-state index contributed by atoms with van der Waals surface area (Å²) >= 11 is 0. The summed E-state index contributed by atoms with van der Waals surface area (Å²) in [6.07, 6.45) is 7.77. The van der Waals surface area contributed by atoms with Gasteiger partial charge in [0, 0.05) is 19.5 Å². The number of nitrogens with zero attached hydrogens (tertiary/aromatic N) is 5. The molecule has 4 heterocycles. The molecular formula is C13H18N6. The molecule has 6 heteroatoms. The third-order valence-corrected chi connectivity index (χ3v) is 4.16. The maximum absolute atomic E-state index is 4.39. The second-order valence-electron chi connectivity index (χ2n) is 5.40. The molecule has 0 atom stereocenters. The first-order valence-corrected chi connectivity index (χ1v) is 7.10. The summed E-state index contributed by atoms with van der Waals surface area (Å²) in [5, 5.41) is 16.0. The average molecular weight is 258 g/mol. The van der Waals surface area contributed by atoms with Crippen molar-refractivity contribution in [2.75, 3.05) is 11.4 Å². The Kier molecular flexibility index (Phi) is 2.53. The molecule has 0 fully saturated rings. The molecule has 0 saturated carbocycles. The van der Waals surface area contributed by atoms with E-state index in [9.17, 15) is 0 Å². The van der Waals surface area contributed by atoms with E-state index in [0.29, 0.717) is 0 Å². The molecule has 0 unspecified atom stereocenters. The molecule has 0 saturated heterocycles. The highest BCUT2D eigenvalue weighted by atomic mass is 15.3. The van der Waals surface area contributed by atoms with Gasteiger partial charge in [0.1, 0.15) is 5.82 Å². The molecule has 2 aliphatic heterocycles. The van der Waals surface area contributed by atoms with Gasteiger partial charge in [0.05, 0.1) is 24.1 Å². The van der Waals surface area contributed by atoms with Crippen molar-refractivity contribution >= 4 is 5.69 Å². The Morgan fingerprint density at radius 3 is 3.11 bits per heavy atom. The van der Waals surface area contributed by atoms with Crippen LogP contribution in [0.4, 0.5) is 5.69 Å². The van der Waals surface area contributed by atoms with Crippen LogP contribution in [-0.2, 0) is 25.9 Å². The molecule has 19 heavy (non-hydrogen) atoms. The summed E-state index contributed by atoms with van der Waals surface area (Å²) in [6, 6.07) is 0. The van der Waals surface area contributed by atoms with Gasteiger partial charge in [0.25, 0.3) is 0 Å². The summed E-state index contributed by atoms with van der Waals surface area (Å²) in [4.78, 5) is 2.37. The molecule has 2 aromatic rings. The molecule has 100 valence electrons. The van der Waals surface area contributed by atoms with Gasteiger partial charge < -0.3 is 9.47 Å². The number of hydrogen-bond acceptors (Lipinski definition) is 4. The Balaban J connectivity index is 1.61. The lowest BCUT2D eigenvalue weighted by atomic mass is 10.1. The van der Waals surface area contributed by atoms with Crippen LogP contribution in [0.25, 0.3) is 0 Å². The molecule has 1 N–H and O–H groups in total. The Labute approximate surface area is 111 Å². The van der Waals surface area contributed by atoms with Gasteiger partial charge in [-0.15, -0.1) is 10.2 Å². The fraction of sp³-hybridized carbons (Fsp3) is 0.615. The number of H-pyrrole nitrogens is 1. The molecule has 4 rings (SSSR count). The molecule has 0 radical (unpaired) electrons. The first-order valence-electron chi connectivity index (χ1n) is 7.10. The largest absolute Gasteiger partial charge is 0.361 e. The van der Waals surface area contributed by atoms with Crippen LogP contribution in [0.3, 0.4) is 0 Å². The van der Waals surface area contributed by atoms with Crippen LogP contribution in [0.1, 0.15) is 36.6 Å². The van der Waals surface area contributed by atoms with Crippen molar-refractivity contribution in [3.05, 3.63) is 23.5 Å². The van der Waals surface area contributed by atoms with Gasteiger partial charge in [-0.3, -0.25) is 5.10 Å². The number of fused-ring (bicyclic) bond motifs is 2. The first kappa shape index (κ1) is 11.0. The number of aromatic amines is 1. The van der Waals surface area contributed by atoms with Crippen LogP contribution in [0.2, 0.25) is 0 Å². The molecule has 0 bridgehead atoms. The number of hydrogen-bond donors (Lipinski definition) is 1. The van der Waals surface area contributed by atoms with Crippen molar-refractivity contribution in [3.8, 4) is 0 Å². The van der Waals surface area contributed by atoms with Crippen LogP contribution < -0.4 is 4.90 Å². The number of rotatable bonds is 2. The fourth-order valence-electron chi connectivity index (χ4n) is 3.15. The van der Waals surface area contributed by atoms with Gasteiger partial charge in [-0.2, -0.15) is 5.10 Å². The topological polar surface area (TPSA) is 62.6 Å². The molecule has 0 spiro atoms. The minimum Gasteiger partial charge on any atom is -0.361 e. The number of aryl methyl sites for hydroxylation is 2. The van der Waals surface area contributed by atoms with Gasteiger partial charge in [-0.1, -0.05) is 0 Å². The number of nitrogens with one attached hydrogen (secondary N) is 1. The zero-order chi connectivity index (χ0) is 12.7. The van der Waals surface area contributed by atoms with E-state index in [4.69, 9.17) is 0 Å². The normalized spacial score (nSPS) is 18.2. The third-order valence-electron chi connectivity index (χ3n) is 4.16. The fourth-order valence-corrected chi connectivity index (χ4v) is 3.15. The Morgan fingerprint density at radius 1 is 1.11 bits per heavy atom. The second-order valence-corrected chi connectivity index (χ2v) is 5.40. The predicted molar refractivity (Wildman–Crippen MR) is 70.9 cm³/mol. The smallest absolute Gasteiger partial charge is 0.152 e.